The van der Waals surface area contributed by atoms with Gasteiger partial charge in [0.2, 0.25) is 5.95 Å². The number of piperidine rings is 1. The van der Waals surface area contributed by atoms with Crippen LogP contribution < -0.4 is 24.3 Å². The summed E-state index contributed by atoms with van der Waals surface area (Å²) in [6, 6.07) is 6.90. The fourth-order valence-corrected chi connectivity index (χ4v) is 4.55. The van der Waals surface area contributed by atoms with E-state index in [4.69, 9.17) is 18.9 Å². The lowest BCUT2D eigenvalue weighted by Gasteiger charge is -2.28. The Hall–Kier alpha value is -3.66. The molecule has 0 atom stereocenters. The number of aromatic nitrogens is 2. The lowest BCUT2D eigenvalue weighted by Crippen LogP contribution is -2.30. The molecule has 0 unspecified atom stereocenters. The Labute approximate surface area is 228 Å². The third-order valence-corrected chi connectivity index (χ3v) is 6.99. The number of benzene rings is 2. The van der Waals surface area contributed by atoms with Gasteiger partial charge in [-0.1, -0.05) is 6.92 Å². The van der Waals surface area contributed by atoms with Gasteiger partial charge in [0, 0.05) is 11.8 Å². The summed E-state index contributed by atoms with van der Waals surface area (Å²) in [7, 11) is 5.10. The van der Waals surface area contributed by atoms with Crippen molar-refractivity contribution < 1.29 is 27.7 Å². The molecule has 1 aromatic heterocycles. The minimum atomic E-state index is -0.783. The molecule has 0 spiro atoms. The summed E-state index contributed by atoms with van der Waals surface area (Å²) >= 11 is 0. The lowest BCUT2D eigenvalue weighted by atomic mass is 9.94. The van der Waals surface area contributed by atoms with Crippen LogP contribution in [-0.2, 0) is 13.0 Å². The third kappa shape index (κ3) is 7.26. The van der Waals surface area contributed by atoms with Crippen molar-refractivity contribution in [3.05, 3.63) is 59.4 Å². The molecular formula is C29H36F2N4O4. The highest BCUT2D eigenvalue weighted by molar-refractivity contribution is 5.59. The first-order chi connectivity index (χ1) is 18.9. The molecule has 0 saturated carbocycles. The maximum absolute atomic E-state index is 14.7. The maximum atomic E-state index is 14.7. The van der Waals surface area contributed by atoms with Crippen molar-refractivity contribution in [1.82, 2.24) is 14.9 Å². The molecule has 8 nitrogen and oxygen atoms in total. The summed E-state index contributed by atoms with van der Waals surface area (Å²) in [5.74, 6) is 1.14. The molecule has 1 aliphatic heterocycles. The molecule has 0 radical (unpaired) electrons. The smallest absolute Gasteiger partial charge is 0.227 e. The largest absolute Gasteiger partial charge is 0.494 e. The number of likely N-dealkylation sites (tertiary alicyclic amines) is 1. The molecule has 3 aromatic rings. The SMILES string of the molecule is CCc1cc(OC)c(F)c(COc2cnc(Nc3ccc(OCCC4CCN(C)CC4)c(OC)c3)nc2)c1F. The highest BCUT2D eigenvalue weighted by Gasteiger charge is 2.20. The Kier molecular flexibility index (Phi) is 9.75. The molecule has 2 aromatic carbocycles. The molecule has 4 rings (SSSR count). The Bertz CT molecular complexity index is 1210. The first-order valence-corrected chi connectivity index (χ1v) is 13.2. The zero-order chi connectivity index (χ0) is 27.8. The first-order valence-electron chi connectivity index (χ1n) is 13.2. The van der Waals surface area contributed by atoms with Crippen LogP contribution in [0.3, 0.4) is 0 Å². The van der Waals surface area contributed by atoms with E-state index in [0.29, 0.717) is 42.0 Å². The second-order valence-corrected chi connectivity index (χ2v) is 9.60. The standard InChI is InChI=1S/C29H36F2N4O4/c1-5-20-14-26(37-4)28(31)23(27(20)30)18-39-22-16-32-29(33-17-22)34-21-6-7-24(25(15-21)36-3)38-13-10-19-8-11-35(2)12-9-19/h6-7,14-17,19H,5,8-13,18H2,1-4H3,(H,32,33,34). The molecule has 0 bridgehead atoms. The number of nitrogens with one attached hydrogen (secondary N) is 1. The van der Waals surface area contributed by atoms with Crippen LogP contribution in [0.4, 0.5) is 20.4 Å². The molecule has 1 fully saturated rings. The zero-order valence-electron chi connectivity index (χ0n) is 22.9. The van der Waals surface area contributed by atoms with Crippen LogP contribution in [0, 0.1) is 17.6 Å². The van der Waals surface area contributed by atoms with E-state index in [2.05, 4.69) is 27.2 Å². The summed E-state index contributed by atoms with van der Waals surface area (Å²) in [4.78, 5) is 10.9. The topological polar surface area (TPSA) is 78.0 Å². The number of anilines is 2. The molecule has 210 valence electrons. The molecule has 2 heterocycles. The van der Waals surface area contributed by atoms with Gasteiger partial charge in [-0.05, 0) is 75.5 Å². The predicted octanol–water partition coefficient (Wildman–Crippen LogP) is 5.77. The Morgan fingerprint density at radius 3 is 2.33 bits per heavy atom. The average molecular weight is 543 g/mol. The molecule has 0 aliphatic carbocycles. The van der Waals surface area contributed by atoms with E-state index < -0.39 is 11.6 Å². The Morgan fingerprint density at radius 1 is 0.949 bits per heavy atom. The number of halogens is 2. The Balaban J connectivity index is 1.33. The van der Waals surface area contributed by atoms with E-state index in [1.807, 2.05) is 18.2 Å². The van der Waals surface area contributed by atoms with E-state index in [9.17, 15) is 8.78 Å². The van der Waals surface area contributed by atoms with Gasteiger partial charge in [0.25, 0.3) is 0 Å². The fourth-order valence-electron chi connectivity index (χ4n) is 4.55. The van der Waals surface area contributed by atoms with Gasteiger partial charge in [-0.3, -0.25) is 0 Å². The second kappa shape index (κ2) is 13.4. The highest BCUT2D eigenvalue weighted by Crippen LogP contribution is 2.32. The van der Waals surface area contributed by atoms with Gasteiger partial charge in [-0.2, -0.15) is 0 Å². The van der Waals surface area contributed by atoms with E-state index in [-0.39, 0.29) is 23.7 Å². The Morgan fingerprint density at radius 2 is 1.67 bits per heavy atom. The van der Waals surface area contributed by atoms with Gasteiger partial charge in [0.1, 0.15) is 12.4 Å². The van der Waals surface area contributed by atoms with Crippen molar-refractivity contribution in [2.45, 2.75) is 39.2 Å². The normalized spacial score (nSPS) is 14.2. The summed E-state index contributed by atoms with van der Waals surface area (Å²) in [5.41, 5.74) is 0.872. The summed E-state index contributed by atoms with van der Waals surface area (Å²) in [6.07, 6.45) is 6.70. The van der Waals surface area contributed by atoms with Crippen molar-refractivity contribution in [2.24, 2.45) is 5.92 Å². The molecule has 1 saturated heterocycles. The van der Waals surface area contributed by atoms with Crippen LogP contribution in [0.1, 0.15) is 37.3 Å². The van der Waals surface area contributed by atoms with E-state index >= 15 is 0 Å². The van der Waals surface area contributed by atoms with Gasteiger partial charge in [-0.25, -0.2) is 18.7 Å². The predicted molar refractivity (Wildman–Crippen MR) is 145 cm³/mol. The number of aryl methyl sites for hydroxylation is 1. The van der Waals surface area contributed by atoms with Gasteiger partial charge in [0.05, 0.1) is 38.8 Å². The van der Waals surface area contributed by atoms with E-state index in [1.54, 1.807) is 14.0 Å². The van der Waals surface area contributed by atoms with E-state index in [0.717, 1.165) is 25.2 Å². The van der Waals surface area contributed by atoms with Gasteiger partial charge in [0.15, 0.2) is 28.8 Å². The number of ether oxygens (including phenoxy) is 4. The lowest BCUT2D eigenvalue weighted by molar-refractivity contribution is 0.185. The van der Waals surface area contributed by atoms with Crippen molar-refractivity contribution in [2.75, 3.05) is 46.3 Å². The maximum Gasteiger partial charge on any atom is 0.227 e. The van der Waals surface area contributed by atoms with Crippen molar-refractivity contribution in [3.63, 3.8) is 0 Å². The minimum Gasteiger partial charge on any atom is -0.494 e. The molecule has 1 aliphatic rings. The van der Waals surface area contributed by atoms with Crippen LogP contribution >= 0.6 is 0 Å². The van der Waals surface area contributed by atoms with Crippen LogP contribution in [0.2, 0.25) is 0 Å². The van der Waals surface area contributed by atoms with Crippen molar-refractivity contribution >= 4 is 11.6 Å². The van der Waals surface area contributed by atoms with Crippen molar-refractivity contribution in [1.29, 1.82) is 0 Å². The fraction of sp³-hybridized carbons (Fsp3) is 0.448. The number of methoxy groups -OCH3 is 2. The number of hydrogen-bond donors (Lipinski definition) is 1. The molecule has 0 amide bonds. The molecular weight excluding hydrogens is 506 g/mol. The van der Waals surface area contributed by atoms with E-state index in [1.165, 1.54) is 38.4 Å². The van der Waals surface area contributed by atoms with Gasteiger partial charge >= 0.3 is 0 Å². The first kappa shape index (κ1) is 28.4. The number of hydrogen-bond acceptors (Lipinski definition) is 8. The molecule has 1 N–H and O–H groups in total. The van der Waals surface area contributed by atoms with Gasteiger partial charge < -0.3 is 29.2 Å². The summed E-state index contributed by atoms with van der Waals surface area (Å²) < 4.78 is 51.4. The minimum absolute atomic E-state index is 0.0215. The third-order valence-electron chi connectivity index (χ3n) is 6.99. The molecule has 39 heavy (non-hydrogen) atoms. The van der Waals surface area contributed by atoms with Crippen LogP contribution in [0.25, 0.3) is 0 Å². The number of nitrogens with zero attached hydrogens (tertiary/aromatic N) is 3. The van der Waals surface area contributed by atoms with Crippen LogP contribution in [0.15, 0.2) is 36.7 Å². The van der Waals surface area contributed by atoms with Gasteiger partial charge in [-0.15, -0.1) is 0 Å². The monoisotopic (exact) mass is 542 g/mol. The zero-order valence-corrected chi connectivity index (χ0v) is 22.9. The summed E-state index contributed by atoms with van der Waals surface area (Å²) in [5, 5.41) is 3.11. The second-order valence-electron chi connectivity index (χ2n) is 9.60. The average Bonchev–Trinajstić information content (AvgIpc) is 2.95. The summed E-state index contributed by atoms with van der Waals surface area (Å²) in [6.45, 7) is 4.39. The van der Waals surface area contributed by atoms with Crippen LogP contribution in [-0.4, -0.2) is 55.8 Å². The quantitative estimate of drug-likeness (QED) is 0.309. The molecule has 10 heteroatoms. The number of rotatable bonds is 12. The van der Waals surface area contributed by atoms with Crippen LogP contribution in [0.5, 0.6) is 23.0 Å². The van der Waals surface area contributed by atoms with Crippen molar-refractivity contribution in [3.8, 4) is 23.0 Å². The highest BCUT2D eigenvalue weighted by atomic mass is 19.1.